The van der Waals surface area contributed by atoms with E-state index in [-0.39, 0.29) is 29.8 Å². The fraction of sp³-hybridized carbons (Fsp3) is 0.143. The molecule has 0 spiro atoms. The molecule has 0 aromatic heterocycles. The fourth-order valence-electron chi connectivity index (χ4n) is 2.06. The van der Waals surface area contributed by atoms with Crippen molar-refractivity contribution in [3.63, 3.8) is 0 Å². The zero-order chi connectivity index (χ0) is 15.6. The van der Waals surface area contributed by atoms with E-state index in [1.165, 1.54) is 0 Å². The van der Waals surface area contributed by atoms with Crippen LogP contribution < -0.4 is 16.8 Å². The first-order valence-corrected chi connectivity index (χ1v) is 6.24. The highest BCUT2D eigenvalue weighted by Gasteiger charge is 2.18. The molecule has 1 unspecified atom stereocenters. The number of nitro benzene ring substituents is 1. The monoisotopic (exact) mass is 326 g/mol. The zero-order valence-electron chi connectivity index (χ0n) is 11.7. The molecular weight excluding hydrogens is 311 g/mol. The van der Waals surface area contributed by atoms with E-state index in [0.29, 0.717) is 16.9 Å². The Morgan fingerprint density at radius 1 is 1.23 bits per heavy atom. The van der Waals surface area contributed by atoms with Crippen molar-refractivity contribution in [2.24, 2.45) is 0 Å². The molecule has 0 bridgehead atoms. The molecule has 0 aliphatic heterocycles. The van der Waals surface area contributed by atoms with Gasteiger partial charge >= 0.3 is 0 Å². The molecule has 1 atom stereocenters. The second kappa shape index (κ2) is 6.95. The molecule has 6 nitrogen and oxygen atoms in total. The first-order chi connectivity index (χ1) is 9.88. The van der Waals surface area contributed by atoms with Crippen LogP contribution in [0.3, 0.4) is 0 Å². The van der Waals surface area contributed by atoms with E-state index in [2.05, 4.69) is 5.32 Å². The lowest BCUT2D eigenvalue weighted by molar-refractivity contribution is -0.384. The number of nitro groups is 1. The van der Waals surface area contributed by atoms with Crippen LogP contribution >= 0.6 is 12.4 Å². The molecule has 0 saturated heterocycles. The van der Waals surface area contributed by atoms with E-state index in [4.69, 9.17) is 11.5 Å². The number of nitrogens with zero attached hydrogens (tertiary/aromatic N) is 1. The fourth-order valence-corrected chi connectivity index (χ4v) is 2.06. The van der Waals surface area contributed by atoms with Gasteiger partial charge in [0.15, 0.2) is 0 Å². The van der Waals surface area contributed by atoms with E-state index in [9.17, 15) is 14.5 Å². The molecule has 0 aliphatic rings. The van der Waals surface area contributed by atoms with Gasteiger partial charge in [0.05, 0.1) is 11.0 Å². The van der Waals surface area contributed by atoms with Gasteiger partial charge in [-0.05, 0) is 36.8 Å². The standard InChI is InChI=1S/C14H15FN4O2.ClH/c1-8(11-7-10(16)3-4-12(11)17)18-13-6-9(15)2-5-14(13)19(20)21;/h2-8,18H,16-17H2,1H3;1H. The molecule has 118 valence electrons. The predicted octanol–water partition coefficient (Wildman–Crippen LogP) is 3.49. The minimum atomic E-state index is -0.572. The number of hydrogen-bond acceptors (Lipinski definition) is 5. The molecular formula is C14H16ClFN4O2. The Labute approximate surface area is 132 Å². The van der Waals surface area contributed by atoms with Gasteiger partial charge in [0, 0.05) is 23.5 Å². The van der Waals surface area contributed by atoms with E-state index in [0.717, 1.165) is 18.2 Å². The third-order valence-corrected chi connectivity index (χ3v) is 3.10. The molecule has 8 heteroatoms. The lowest BCUT2D eigenvalue weighted by atomic mass is 10.0. The molecule has 22 heavy (non-hydrogen) atoms. The van der Waals surface area contributed by atoms with Crippen molar-refractivity contribution >= 4 is 35.2 Å². The smallest absolute Gasteiger partial charge is 0.292 e. The summed E-state index contributed by atoms with van der Waals surface area (Å²) in [6, 6.07) is 7.87. The first-order valence-electron chi connectivity index (χ1n) is 6.24. The van der Waals surface area contributed by atoms with Crippen molar-refractivity contribution in [3.8, 4) is 0 Å². The lowest BCUT2D eigenvalue weighted by Crippen LogP contribution is -2.11. The van der Waals surface area contributed by atoms with E-state index < -0.39 is 10.7 Å². The normalized spacial score (nSPS) is 11.4. The quantitative estimate of drug-likeness (QED) is 0.453. The predicted molar refractivity (Wildman–Crippen MR) is 87.6 cm³/mol. The summed E-state index contributed by atoms with van der Waals surface area (Å²) in [7, 11) is 0. The summed E-state index contributed by atoms with van der Waals surface area (Å²) in [6.07, 6.45) is 0. The van der Waals surface area contributed by atoms with Crippen LogP contribution in [0.2, 0.25) is 0 Å². The van der Waals surface area contributed by atoms with Crippen LogP contribution in [0, 0.1) is 15.9 Å². The van der Waals surface area contributed by atoms with Crippen molar-refractivity contribution in [2.75, 3.05) is 16.8 Å². The summed E-state index contributed by atoms with van der Waals surface area (Å²) in [5.74, 6) is -0.559. The summed E-state index contributed by atoms with van der Waals surface area (Å²) >= 11 is 0. The number of benzene rings is 2. The van der Waals surface area contributed by atoms with Crippen molar-refractivity contribution in [1.82, 2.24) is 0 Å². The Balaban J connectivity index is 0.00000242. The van der Waals surface area contributed by atoms with Gasteiger partial charge in [-0.2, -0.15) is 0 Å². The van der Waals surface area contributed by atoms with E-state index >= 15 is 0 Å². The van der Waals surface area contributed by atoms with Gasteiger partial charge in [-0.25, -0.2) is 4.39 Å². The Morgan fingerprint density at radius 3 is 2.55 bits per heavy atom. The van der Waals surface area contributed by atoms with Crippen LogP contribution in [0.5, 0.6) is 0 Å². The van der Waals surface area contributed by atoms with Crippen LogP contribution in [0.1, 0.15) is 18.5 Å². The van der Waals surface area contributed by atoms with Gasteiger partial charge < -0.3 is 16.8 Å². The van der Waals surface area contributed by atoms with Gasteiger partial charge in [0.2, 0.25) is 0 Å². The van der Waals surface area contributed by atoms with Crippen molar-refractivity contribution < 1.29 is 9.31 Å². The first kappa shape index (κ1) is 17.5. The Hall–Kier alpha value is -2.54. The zero-order valence-corrected chi connectivity index (χ0v) is 12.6. The summed E-state index contributed by atoms with van der Waals surface area (Å²) < 4.78 is 13.3. The number of rotatable bonds is 4. The Bertz CT molecular complexity index is 697. The van der Waals surface area contributed by atoms with Crippen LogP contribution in [0.25, 0.3) is 0 Å². The largest absolute Gasteiger partial charge is 0.399 e. The molecule has 0 aliphatic carbocycles. The van der Waals surface area contributed by atoms with Crippen molar-refractivity contribution in [3.05, 3.63) is 57.9 Å². The van der Waals surface area contributed by atoms with Gasteiger partial charge in [-0.1, -0.05) is 0 Å². The SMILES string of the molecule is CC(Nc1cc(F)ccc1[N+](=O)[O-])c1cc(N)ccc1N.Cl. The van der Waals surface area contributed by atoms with Crippen molar-refractivity contribution in [1.29, 1.82) is 0 Å². The number of nitrogens with two attached hydrogens (primary N) is 2. The van der Waals surface area contributed by atoms with Crippen LogP contribution in [-0.4, -0.2) is 4.92 Å². The maximum Gasteiger partial charge on any atom is 0.292 e. The molecule has 0 saturated carbocycles. The minimum absolute atomic E-state index is 0. The Morgan fingerprint density at radius 2 is 1.91 bits per heavy atom. The van der Waals surface area contributed by atoms with E-state index in [1.54, 1.807) is 25.1 Å². The van der Waals surface area contributed by atoms with Crippen LogP contribution in [0.4, 0.5) is 27.1 Å². The highest BCUT2D eigenvalue weighted by molar-refractivity contribution is 5.85. The highest BCUT2D eigenvalue weighted by atomic mass is 35.5. The average Bonchev–Trinajstić information content (AvgIpc) is 2.41. The maximum atomic E-state index is 13.3. The van der Waals surface area contributed by atoms with Gasteiger partial charge in [-0.3, -0.25) is 10.1 Å². The van der Waals surface area contributed by atoms with Gasteiger partial charge in [-0.15, -0.1) is 12.4 Å². The Kier molecular flexibility index (Phi) is 5.53. The number of halogens is 2. The maximum absolute atomic E-state index is 13.3. The molecule has 0 amide bonds. The van der Waals surface area contributed by atoms with Crippen molar-refractivity contribution in [2.45, 2.75) is 13.0 Å². The molecule has 0 fully saturated rings. The molecule has 5 N–H and O–H groups in total. The molecule has 2 aromatic rings. The average molecular weight is 327 g/mol. The minimum Gasteiger partial charge on any atom is -0.399 e. The topological polar surface area (TPSA) is 107 Å². The third kappa shape index (κ3) is 3.76. The second-order valence-corrected chi connectivity index (χ2v) is 4.67. The van der Waals surface area contributed by atoms with Gasteiger partial charge in [0.1, 0.15) is 11.5 Å². The molecule has 0 radical (unpaired) electrons. The summed E-state index contributed by atoms with van der Waals surface area (Å²) in [5.41, 5.74) is 13.2. The summed E-state index contributed by atoms with van der Waals surface area (Å²) in [4.78, 5) is 10.4. The van der Waals surface area contributed by atoms with Gasteiger partial charge in [0.25, 0.3) is 5.69 Å². The number of nitrogens with one attached hydrogen (secondary N) is 1. The van der Waals surface area contributed by atoms with E-state index in [1.807, 2.05) is 0 Å². The number of anilines is 3. The highest BCUT2D eigenvalue weighted by Crippen LogP contribution is 2.31. The van der Waals surface area contributed by atoms with Crippen LogP contribution in [0.15, 0.2) is 36.4 Å². The number of hydrogen-bond donors (Lipinski definition) is 3. The molecule has 2 aromatic carbocycles. The van der Waals surface area contributed by atoms with Crippen LogP contribution in [-0.2, 0) is 0 Å². The molecule has 2 rings (SSSR count). The molecule has 0 heterocycles. The second-order valence-electron chi connectivity index (χ2n) is 4.67. The number of nitrogen functional groups attached to an aromatic ring is 2. The lowest BCUT2D eigenvalue weighted by Gasteiger charge is -2.18. The summed E-state index contributed by atoms with van der Waals surface area (Å²) in [6.45, 7) is 1.76. The third-order valence-electron chi connectivity index (χ3n) is 3.10. The summed E-state index contributed by atoms with van der Waals surface area (Å²) in [5, 5.41) is 13.9.